The van der Waals surface area contributed by atoms with Gasteiger partial charge in [0.2, 0.25) is 5.91 Å². The third-order valence-corrected chi connectivity index (χ3v) is 6.38. The maximum atomic E-state index is 13.0. The Morgan fingerprint density at radius 1 is 1.06 bits per heavy atom. The predicted octanol–water partition coefficient (Wildman–Crippen LogP) is 4.71. The molecule has 4 rings (SSSR count). The Bertz CT molecular complexity index is 1290. The topological polar surface area (TPSA) is 73.1 Å². The van der Waals surface area contributed by atoms with Gasteiger partial charge in [0.25, 0.3) is 0 Å². The zero-order valence-electron chi connectivity index (χ0n) is 19.7. The summed E-state index contributed by atoms with van der Waals surface area (Å²) >= 11 is 1.37. The fourth-order valence-corrected chi connectivity index (χ4v) is 4.60. The van der Waals surface area contributed by atoms with E-state index in [4.69, 9.17) is 4.74 Å². The van der Waals surface area contributed by atoms with Crippen molar-refractivity contribution in [3.63, 3.8) is 0 Å². The number of ether oxygens (including phenoxy) is 1. The summed E-state index contributed by atoms with van der Waals surface area (Å²) in [5.74, 6) is 1.64. The van der Waals surface area contributed by atoms with Gasteiger partial charge in [-0.1, -0.05) is 53.7 Å². The summed E-state index contributed by atoms with van der Waals surface area (Å²) in [6.45, 7) is 4.59. The Hall–Kier alpha value is -3.65. The number of methoxy groups -OCH3 is 1. The maximum absolute atomic E-state index is 13.0. The molecule has 0 aliphatic carbocycles. The third-order valence-electron chi connectivity index (χ3n) is 5.47. The molecular weight excluding hydrogens is 446 g/mol. The van der Waals surface area contributed by atoms with Crippen LogP contribution in [0.5, 0.6) is 5.75 Å². The van der Waals surface area contributed by atoms with Gasteiger partial charge >= 0.3 is 0 Å². The molecule has 2 aromatic heterocycles. The van der Waals surface area contributed by atoms with Gasteiger partial charge in [-0.15, -0.1) is 10.2 Å². The van der Waals surface area contributed by atoms with E-state index in [9.17, 15) is 4.79 Å². The molecule has 8 heteroatoms. The van der Waals surface area contributed by atoms with Gasteiger partial charge in [0, 0.05) is 25.4 Å². The fraction of sp³-hybridized carbons (Fsp3) is 0.231. The average Bonchev–Trinajstić information content (AvgIpc) is 3.27. The van der Waals surface area contributed by atoms with Crippen LogP contribution in [0.1, 0.15) is 16.7 Å². The van der Waals surface area contributed by atoms with Crippen LogP contribution in [-0.4, -0.2) is 50.5 Å². The molecule has 2 aromatic carbocycles. The van der Waals surface area contributed by atoms with Crippen LogP contribution in [-0.2, 0) is 11.3 Å². The summed E-state index contributed by atoms with van der Waals surface area (Å²) in [5, 5.41) is 9.49. The SMILES string of the molecule is COc1ccccc1CN(C)C(=O)CSc1nnc(-c2ccccn2)n1-c1ccc(C)cc1C. The van der Waals surface area contributed by atoms with E-state index in [2.05, 4.69) is 47.2 Å². The first-order chi connectivity index (χ1) is 16.5. The first-order valence-corrected chi connectivity index (χ1v) is 11.9. The Kier molecular flexibility index (Phi) is 7.27. The van der Waals surface area contributed by atoms with Crippen LogP contribution in [0.25, 0.3) is 17.2 Å². The average molecular weight is 474 g/mol. The molecule has 0 aliphatic heterocycles. The van der Waals surface area contributed by atoms with Gasteiger partial charge in [-0.25, -0.2) is 0 Å². The van der Waals surface area contributed by atoms with E-state index >= 15 is 0 Å². The molecule has 0 saturated carbocycles. The van der Waals surface area contributed by atoms with Crippen LogP contribution >= 0.6 is 11.8 Å². The minimum Gasteiger partial charge on any atom is -0.496 e. The number of para-hydroxylation sites is 1. The molecule has 0 unspecified atom stereocenters. The molecule has 0 N–H and O–H groups in total. The number of hydrogen-bond acceptors (Lipinski definition) is 6. The second-order valence-electron chi connectivity index (χ2n) is 8.00. The highest BCUT2D eigenvalue weighted by atomic mass is 32.2. The first-order valence-electron chi connectivity index (χ1n) is 10.9. The lowest BCUT2D eigenvalue weighted by molar-refractivity contribution is -0.127. The largest absolute Gasteiger partial charge is 0.496 e. The van der Waals surface area contributed by atoms with Gasteiger partial charge in [-0.3, -0.25) is 14.3 Å². The Morgan fingerprint density at radius 2 is 1.85 bits per heavy atom. The number of aromatic nitrogens is 4. The normalized spacial score (nSPS) is 10.8. The molecule has 0 spiro atoms. The zero-order valence-corrected chi connectivity index (χ0v) is 20.5. The van der Waals surface area contributed by atoms with Crippen LogP contribution < -0.4 is 4.74 Å². The lowest BCUT2D eigenvalue weighted by Crippen LogP contribution is -2.28. The van der Waals surface area contributed by atoms with E-state index in [1.807, 2.05) is 47.0 Å². The summed E-state index contributed by atoms with van der Waals surface area (Å²) in [7, 11) is 3.43. The van der Waals surface area contributed by atoms with E-state index in [0.717, 1.165) is 28.3 Å². The molecule has 7 nitrogen and oxygen atoms in total. The van der Waals surface area contributed by atoms with E-state index < -0.39 is 0 Å². The zero-order chi connectivity index (χ0) is 24.1. The number of carbonyl (C=O) groups excluding carboxylic acids is 1. The Morgan fingerprint density at radius 3 is 2.59 bits per heavy atom. The van der Waals surface area contributed by atoms with Crippen molar-refractivity contribution < 1.29 is 9.53 Å². The molecule has 174 valence electrons. The number of rotatable bonds is 8. The fourth-order valence-electron chi connectivity index (χ4n) is 3.71. The van der Waals surface area contributed by atoms with Crippen LogP contribution in [0.15, 0.2) is 72.0 Å². The second-order valence-corrected chi connectivity index (χ2v) is 8.94. The second kappa shape index (κ2) is 10.5. The molecule has 0 radical (unpaired) electrons. The van der Waals surface area contributed by atoms with E-state index in [0.29, 0.717) is 17.5 Å². The number of aryl methyl sites for hydroxylation is 2. The summed E-state index contributed by atoms with van der Waals surface area (Å²) in [6, 6.07) is 19.7. The van der Waals surface area contributed by atoms with Gasteiger partial charge in [-0.2, -0.15) is 0 Å². The quantitative estimate of drug-likeness (QED) is 0.345. The molecular formula is C26H27N5O2S. The van der Waals surface area contributed by atoms with Gasteiger partial charge in [0.15, 0.2) is 11.0 Å². The number of amides is 1. The van der Waals surface area contributed by atoms with Crippen molar-refractivity contribution in [1.82, 2.24) is 24.6 Å². The molecule has 34 heavy (non-hydrogen) atoms. The molecule has 0 saturated heterocycles. The number of nitrogens with zero attached hydrogens (tertiary/aromatic N) is 5. The molecule has 0 atom stereocenters. The van der Waals surface area contributed by atoms with Crippen LogP contribution in [0, 0.1) is 13.8 Å². The number of hydrogen-bond donors (Lipinski definition) is 0. The van der Waals surface area contributed by atoms with Crippen molar-refractivity contribution in [1.29, 1.82) is 0 Å². The lowest BCUT2D eigenvalue weighted by Gasteiger charge is -2.19. The molecule has 0 fully saturated rings. The van der Waals surface area contributed by atoms with Crippen LogP contribution in [0.2, 0.25) is 0 Å². The molecule has 4 aromatic rings. The highest BCUT2D eigenvalue weighted by Crippen LogP contribution is 2.29. The highest BCUT2D eigenvalue weighted by molar-refractivity contribution is 7.99. The number of carbonyl (C=O) groups is 1. The van der Waals surface area contributed by atoms with Crippen LogP contribution in [0.3, 0.4) is 0 Å². The van der Waals surface area contributed by atoms with Gasteiger partial charge in [-0.05, 0) is 43.7 Å². The number of thioether (sulfide) groups is 1. The molecule has 2 heterocycles. The van der Waals surface area contributed by atoms with Crippen molar-refractivity contribution in [2.45, 2.75) is 25.5 Å². The molecule has 0 aliphatic rings. The summed E-state index contributed by atoms with van der Waals surface area (Å²) in [5.41, 5.74) is 4.92. The first kappa shape index (κ1) is 23.5. The van der Waals surface area contributed by atoms with Crippen molar-refractivity contribution in [3.8, 4) is 23.0 Å². The van der Waals surface area contributed by atoms with Crippen molar-refractivity contribution in [2.24, 2.45) is 0 Å². The van der Waals surface area contributed by atoms with E-state index in [1.165, 1.54) is 17.3 Å². The van der Waals surface area contributed by atoms with Gasteiger partial charge in [0.05, 0.1) is 18.6 Å². The predicted molar refractivity (Wildman–Crippen MR) is 134 cm³/mol. The summed E-state index contributed by atoms with van der Waals surface area (Å²) in [4.78, 5) is 19.1. The Labute approximate surface area is 203 Å². The standard InChI is InChI=1S/C26H27N5O2S/c1-18-12-13-22(19(2)15-18)31-25(21-10-7-8-14-27-21)28-29-26(31)34-17-24(32)30(3)16-20-9-5-6-11-23(20)33-4/h5-15H,16-17H2,1-4H3. The minimum atomic E-state index is -0.00882. The maximum Gasteiger partial charge on any atom is 0.233 e. The minimum absolute atomic E-state index is 0.00882. The highest BCUT2D eigenvalue weighted by Gasteiger charge is 2.20. The monoisotopic (exact) mass is 473 g/mol. The van der Waals surface area contributed by atoms with E-state index in [-0.39, 0.29) is 11.7 Å². The number of benzene rings is 2. The molecule has 1 amide bonds. The smallest absolute Gasteiger partial charge is 0.233 e. The lowest BCUT2D eigenvalue weighted by atomic mass is 10.1. The van der Waals surface area contributed by atoms with Crippen molar-refractivity contribution in [3.05, 3.63) is 83.6 Å². The van der Waals surface area contributed by atoms with Crippen molar-refractivity contribution >= 4 is 17.7 Å². The van der Waals surface area contributed by atoms with Crippen LogP contribution in [0.4, 0.5) is 0 Å². The van der Waals surface area contributed by atoms with Gasteiger partial charge in [0.1, 0.15) is 11.4 Å². The van der Waals surface area contributed by atoms with E-state index in [1.54, 1.807) is 25.3 Å². The summed E-state index contributed by atoms with van der Waals surface area (Å²) in [6.07, 6.45) is 1.74. The Balaban J connectivity index is 1.58. The molecule has 0 bridgehead atoms. The third kappa shape index (κ3) is 5.12. The number of pyridine rings is 1. The van der Waals surface area contributed by atoms with Crippen molar-refractivity contribution in [2.75, 3.05) is 19.9 Å². The van der Waals surface area contributed by atoms with Gasteiger partial charge < -0.3 is 9.64 Å². The summed E-state index contributed by atoms with van der Waals surface area (Å²) < 4.78 is 7.40.